The number of amides is 1. The predicted molar refractivity (Wildman–Crippen MR) is 100 cm³/mol. The van der Waals surface area contributed by atoms with Crippen LogP contribution in [0.5, 0.6) is 0 Å². The molecule has 2 aromatic carbocycles. The number of benzene rings is 2. The summed E-state index contributed by atoms with van der Waals surface area (Å²) in [5.74, 6) is -0.289. The third kappa shape index (κ3) is 5.06. The number of aryl methyl sites for hydroxylation is 1. The number of para-hydroxylation sites is 1. The first-order valence-corrected chi connectivity index (χ1v) is 9.81. The maximum absolute atomic E-state index is 12.6. The maximum Gasteiger partial charge on any atom is 0.261 e. The van der Waals surface area contributed by atoms with Crippen molar-refractivity contribution in [2.24, 2.45) is 0 Å². The van der Waals surface area contributed by atoms with Crippen LogP contribution in [-0.4, -0.2) is 20.4 Å². The number of anilines is 1. The van der Waals surface area contributed by atoms with Crippen molar-refractivity contribution < 1.29 is 13.2 Å². The molecule has 0 saturated carbocycles. The van der Waals surface area contributed by atoms with Crippen LogP contribution >= 0.6 is 0 Å². The van der Waals surface area contributed by atoms with Crippen molar-refractivity contribution in [1.82, 2.24) is 5.32 Å². The Labute approximate surface area is 149 Å². The van der Waals surface area contributed by atoms with Gasteiger partial charge < -0.3 is 5.32 Å². The highest BCUT2D eigenvalue weighted by Crippen LogP contribution is 2.20. The third-order valence-electron chi connectivity index (χ3n) is 3.85. The average Bonchev–Trinajstić information content (AvgIpc) is 2.55. The van der Waals surface area contributed by atoms with Crippen molar-refractivity contribution >= 4 is 21.6 Å². The van der Waals surface area contributed by atoms with Gasteiger partial charge in [-0.2, -0.15) is 0 Å². The summed E-state index contributed by atoms with van der Waals surface area (Å²) in [5.41, 5.74) is 1.55. The van der Waals surface area contributed by atoms with E-state index in [-0.39, 0.29) is 22.5 Å². The summed E-state index contributed by atoms with van der Waals surface area (Å²) in [6, 6.07) is 13.2. The highest BCUT2D eigenvalue weighted by molar-refractivity contribution is 7.92. The molecular weight excluding hydrogens is 336 g/mol. The van der Waals surface area contributed by atoms with Gasteiger partial charge in [-0.3, -0.25) is 9.52 Å². The number of nitrogens with one attached hydrogen (secondary N) is 2. The second-order valence-electron chi connectivity index (χ2n) is 6.13. The quantitative estimate of drug-likeness (QED) is 0.790. The van der Waals surface area contributed by atoms with Crippen molar-refractivity contribution in [3.63, 3.8) is 0 Å². The van der Waals surface area contributed by atoms with Gasteiger partial charge in [0.25, 0.3) is 15.9 Å². The Hall–Kier alpha value is -2.34. The number of carbonyl (C=O) groups excluding carboxylic acids is 1. The summed E-state index contributed by atoms with van der Waals surface area (Å²) in [6.07, 6.45) is 1.83. The zero-order chi connectivity index (χ0) is 18.4. The van der Waals surface area contributed by atoms with E-state index in [0.29, 0.717) is 5.56 Å². The molecule has 6 heteroatoms. The second-order valence-corrected chi connectivity index (χ2v) is 7.81. The Bertz CT molecular complexity index is 830. The topological polar surface area (TPSA) is 75.3 Å². The lowest BCUT2D eigenvalue weighted by atomic mass is 10.1. The van der Waals surface area contributed by atoms with Crippen LogP contribution < -0.4 is 10.0 Å². The predicted octanol–water partition coefficient (Wildman–Crippen LogP) is 3.71. The number of carbonyl (C=O) groups is 1. The van der Waals surface area contributed by atoms with Crippen LogP contribution in [0.15, 0.2) is 53.4 Å². The molecule has 5 nitrogen and oxygen atoms in total. The van der Waals surface area contributed by atoms with Crippen molar-refractivity contribution in [3.05, 3.63) is 59.7 Å². The molecule has 0 aromatic heterocycles. The lowest BCUT2D eigenvalue weighted by Crippen LogP contribution is -2.33. The molecule has 2 aromatic rings. The van der Waals surface area contributed by atoms with E-state index in [9.17, 15) is 13.2 Å². The maximum atomic E-state index is 12.6. The van der Waals surface area contributed by atoms with Crippen molar-refractivity contribution in [2.45, 2.75) is 44.6 Å². The van der Waals surface area contributed by atoms with Gasteiger partial charge in [0, 0.05) is 6.04 Å². The fourth-order valence-corrected chi connectivity index (χ4v) is 3.58. The molecule has 0 aliphatic rings. The highest BCUT2D eigenvalue weighted by atomic mass is 32.2. The van der Waals surface area contributed by atoms with Gasteiger partial charge in [0.15, 0.2) is 0 Å². The Morgan fingerprint density at radius 2 is 1.72 bits per heavy atom. The standard InChI is InChI=1S/C19H24N2O3S/c1-4-7-15(3)20-19(22)17-8-5-6-9-18(17)21-25(23,24)16-12-10-14(2)11-13-16/h5-6,8-13,15,21H,4,7H2,1-3H3,(H,20,22)/t15-/m1/s1. The van der Waals surface area contributed by atoms with Crippen LogP contribution in [0.25, 0.3) is 0 Å². The summed E-state index contributed by atoms with van der Waals surface area (Å²) in [4.78, 5) is 12.6. The van der Waals surface area contributed by atoms with Crippen LogP contribution in [0, 0.1) is 6.92 Å². The van der Waals surface area contributed by atoms with Crippen LogP contribution in [-0.2, 0) is 10.0 Å². The first kappa shape index (κ1) is 19.0. The minimum atomic E-state index is -3.75. The lowest BCUT2D eigenvalue weighted by Gasteiger charge is -2.16. The van der Waals surface area contributed by atoms with Gasteiger partial charge in [-0.05, 0) is 44.5 Å². The molecule has 25 heavy (non-hydrogen) atoms. The minimum absolute atomic E-state index is 0.0271. The molecule has 0 aliphatic carbocycles. The van der Waals surface area contributed by atoms with Gasteiger partial charge in [0.2, 0.25) is 0 Å². The molecule has 0 unspecified atom stereocenters. The van der Waals surface area contributed by atoms with Gasteiger partial charge in [-0.25, -0.2) is 8.42 Å². The van der Waals surface area contributed by atoms with Crippen molar-refractivity contribution in [2.75, 3.05) is 4.72 Å². The van der Waals surface area contributed by atoms with Gasteiger partial charge in [-0.15, -0.1) is 0 Å². The van der Waals surface area contributed by atoms with Gasteiger partial charge in [-0.1, -0.05) is 43.2 Å². The fraction of sp³-hybridized carbons (Fsp3) is 0.316. The average molecular weight is 360 g/mol. The van der Waals surface area contributed by atoms with Gasteiger partial charge in [0.1, 0.15) is 0 Å². The summed E-state index contributed by atoms with van der Waals surface area (Å²) in [6.45, 7) is 5.87. The summed E-state index contributed by atoms with van der Waals surface area (Å²) < 4.78 is 27.7. The molecule has 0 aliphatic heterocycles. The molecule has 0 spiro atoms. The van der Waals surface area contributed by atoms with E-state index in [4.69, 9.17) is 0 Å². The Balaban J connectivity index is 2.25. The zero-order valence-corrected chi connectivity index (χ0v) is 15.6. The fourth-order valence-electron chi connectivity index (χ4n) is 2.50. The van der Waals surface area contributed by atoms with Crippen LogP contribution in [0.2, 0.25) is 0 Å². The van der Waals surface area contributed by atoms with E-state index in [2.05, 4.69) is 10.0 Å². The van der Waals surface area contributed by atoms with Crippen molar-refractivity contribution in [3.8, 4) is 0 Å². The first-order chi connectivity index (χ1) is 11.8. The zero-order valence-electron chi connectivity index (χ0n) is 14.7. The molecule has 2 N–H and O–H groups in total. The van der Waals surface area contributed by atoms with Crippen LogP contribution in [0.4, 0.5) is 5.69 Å². The molecular formula is C19H24N2O3S. The Morgan fingerprint density at radius 1 is 1.08 bits per heavy atom. The van der Waals surface area contributed by atoms with Crippen molar-refractivity contribution in [1.29, 1.82) is 0 Å². The normalized spacial score (nSPS) is 12.4. The number of rotatable bonds is 7. The number of hydrogen-bond donors (Lipinski definition) is 2. The van der Waals surface area contributed by atoms with Gasteiger partial charge >= 0.3 is 0 Å². The lowest BCUT2D eigenvalue weighted by molar-refractivity contribution is 0.0939. The van der Waals surface area contributed by atoms with E-state index < -0.39 is 10.0 Å². The Morgan fingerprint density at radius 3 is 2.36 bits per heavy atom. The highest BCUT2D eigenvalue weighted by Gasteiger charge is 2.19. The van der Waals surface area contributed by atoms with Gasteiger partial charge in [0.05, 0.1) is 16.1 Å². The van der Waals surface area contributed by atoms with Crippen LogP contribution in [0.1, 0.15) is 42.6 Å². The molecule has 0 heterocycles. The third-order valence-corrected chi connectivity index (χ3v) is 5.23. The van der Waals surface area contributed by atoms with E-state index in [1.54, 1.807) is 48.5 Å². The molecule has 134 valence electrons. The van der Waals surface area contributed by atoms with Crippen LogP contribution in [0.3, 0.4) is 0 Å². The summed E-state index contributed by atoms with van der Waals surface area (Å²) >= 11 is 0. The van der Waals surface area contributed by atoms with E-state index >= 15 is 0 Å². The summed E-state index contributed by atoms with van der Waals surface area (Å²) in [5, 5.41) is 2.90. The molecule has 0 fully saturated rings. The molecule has 2 rings (SSSR count). The summed E-state index contributed by atoms with van der Waals surface area (Å²) in [7, 11) is -3.75. The SMILES string of the molecule is CCC[C@@H](C)NC(=O)c1ccccc1NS(=O)(=O)c1ccc(C)cc1. The molecule has 0 radical (unpaired) electrons. The van der Waals surface area contributed by atoms with E-state index in [1.807, 2.05) is 20.8 Å². The number of sulfonamides is 1. The molecule has 1 atom stereocenters. The molecule has 1 amide bonds. The largest absolute Gasteiger partial charge is 0.350 e. The smallest absolute Gasteiger partial charge is 0.261 e. The molecule has 0 bridgehead atoms. The van der Waals surface area contributed by atoms with E-state index in [0.717, 1.165) is 18.4 Å². The Kier molecular flexibility index (Phi) is 6.20. The number of hydrogen-bond acceptors (Lipinski definition) is 3. The first-order valence-electron chi connectivity index (χ1n) is 8.33. The minimum Gasteiger partial charge on any atom is -0.350 e. The van der Waals surface area contributed by atoms with E-state index in [1.165, 1.54) is 0 Å². The monoisotopic (exact) mass is 360 g/mol. The second kappa shape index (κ2) is 8.16. The molecule has 0 saturated heterocycles.